The van der Waals surface area contributed by atoms with Crippen molar-refractivity contribution >= 4 is 22.9 Å². The Morgan fingerprint density at radius 2 is 2.29 bits per heavy atom. The van der Waals surface area contributed by atoms with Crippen molar-refractivity contribution < 1.29 is 4.79 Å². The number of hydrogen-bond acceptors (Lipinski definition) is 4. The van der Waals surface area contributed by atoms with Crippen LogP contribution in [-0.4, -0.2) is 29.4 Å². The highest BCUT2D eigenvalue weighted by atomic mass is 32.1. The molecule has 4 nitrogen and oxygen atoms in total. The van der Waals surface area contributed by atoms with Gasteiger partial charge in [-0.25, -0.2) is 4.98 Å². The van der Waals surface area contributed by atoms with Crippen LogP contribution < -0.4 is 5.32 Å². The third-order valence-electron chi connectivity index (χ3n) is 3.85. The summed E-state index contributed by atoms with van der Waals surface area (Å²) in [6.07, 6.45) is 2.41. The number of amides is 1. The van der Waals surface area contributed by atoms with Gasteiger partial charge in [-0.3, -0.25) is 4.79 Å². The summed E-state index contributed by atoms with van der Waals surface area (Å²) in [4.78, 5) is 19.6. The minimum atomic E-state index is 0.185. The molecule has 2 heterocycles. The van der Waals surface area contributed by atoms with Crippen molar-refractivity contribution in [3.8, 4) is 0 Å². The number of aromatic nitrogens is 1. The molecule has 0 saturated heterocycles. The van der Waals surface area contributed by atoms with Gasteiger partial charge < -0.3 is 10.2 Å². The van der Waals surface area contributed by atoms with Crippen LogP contribution in [0.5, 0.6) is 0 Å². The summed E-state index contributed by atoms with van der Waals surface area (Å²) in [5, 5.41) is 4.41. The Labute approximate surface area is 128 Å². The summed E-state index contributed by atoms with van der Waals surface area (Å²) in [6.45, 7) is 3.47. The highest BCUT2D eigenvalue weighted by Gasteiger charge is 2.25. The summed E-state index contributed by atoms with van der Waals surface area (Å²) in [6, 6.07) is 8.24. The van der Waals surface area contributed by atoms with Crippen LogP contribution in [0.1, 0.15) is 27.8 Å². The van der Waals surface area contributed by atoms with Crippen LogP contribution in [0.15, 0.2) is 30.5 Å². The molecule has 110 valence electrons. The first-order valence-electron chi connectivity index (χ1n) is 7.11. The van der Waals surface area contributed by atoms with E-state index in [4.69, 9.17) is 0 Å². The van der Waals surface area contributed by atoms with Crippen LogP contribution in [0.2, 0.25) is 0 Å². The predicted molar refractivity (Wildman–Crippen MR) is 85.6 cm³/mol. The molecule has 5 heteroatoms. The lowest BCUT2D eigenvalue weighted by Crippen LogP contribution is -2.27. The average molecular weight is 301 g/mol. The fourth-order valence-corrected chi connectivity index (χ4v) is 3.55. The number of carbonyl (C=O) groups excluding carboxylic acids is 1. The highest BCUT2D eigenvalue weighted by molar-refractivity contribution is 7.11. The van der Waals surface area contributed by atoms with E-state index in [1.165, 1.54) is 5.56 Å². The number of rotatable bonds is 4. The number of thiazole rings is 1. The lowest BCUT2D eigenvalue weighted by atomic mass is 9.97. The molecule has 3 rings (SSSR count). The number of benzene rings is 1. The number of aryl methyl sites for hydroxylation is 1. The SMILES string of the molecule is Cc1ncc(CN(C)C(=O)CC2CNc3ccccc32)s1. The second-order valence-corrected chi connectivity index (χ2v) is 6.78. The molecule has 1 atom stereocenters. The molecule has 1 N–H and O–H groups in total. The number of anilines is 1. The van der Waals surface area contributed by atoms with Gasteiger partial charge >= 0.3 is 0 Å². The minimum absolute atomic E-state index is 0.185. The Morgan fingerprint density at radius 1 is 1.48 bits per heavy atom. The molecule has 1 aliphatic rings. The van der Waals surface area contributed by atoms with Crippen LogP contribution in [0, 0.1) is 6.92 Å². The molecule has 0 radical (unpaired) electrons. The molecule has 1 unspecified atom stereocenters. The lowest BCUT2D eigenvalue weighted by molar-refractivity contribution is -0.130. The molecular formula is C16H19N3OS. The van der Waals surface area contributed by atoms with E-state index in [0.717, 1.165) is 22.1 Å². The van der Waals surface area contributed by atoms with Crippen molar-refractivity contribution in [2.75, 3.05) is 18.9 Å². The van der Waals surface area contributed by atoms with E-state index in [1.54, 1.807) is 16.2 Å². The third kappa shape index (κ3) is 3.08. The van der Waals surface area contributed by atoms with Gasteiger partial charge in [0.05, 0.1) is 11.6 Å². The van der Waals surface area contributed by atoms with Gasteiger partial charge in [-0.15, -0.1) is 11.3 Å². The lowest BCUT2D eigenvalue weighted by Gasteiger charge is -2.18. The third-order valence-corrected chi connectivity index (χ3v) is 4.75. The molecule has 1 amide bonds. The van der Waals surface area contributed by atoms with E-state index in [9.17, 15) is 4.79 Å². The van der Waals surface area contributed by atoms with Crippen molar-refractivity contribution in [1.82, 2.24) is 9.88 Å². The zero-order valence-corrected chi connectivity index (χ0v) is 13.1. The first-order chi connectivity index (χ1) is 10.1. The van der Waals surface area contributed by atoms with Crippen molar-refractivity contribution in [3.05, 3.63) is 45.9 Å². The fourth-order valence-electron chi connectivity index (χ4n) is 2.71. The van der Waals surface area contributed by atoms with Crippen LogP contribution in [0.25, 0.3) is 0 Å². The van der Waals surface area contributed by atoms with Crippen molar-refractivity contribution in [1.29, 1.82) is 0 Å². The van der Waals surface area contributed by atoms with E-state index in [2.05, 4.69) is 22.4 Å². The molecule has 0 bridgehead atoms. The molecule has 1 aromatic heterocycles. The van der Waals surface area contributed by atoms with Gasteiger partial charge in [0.25, 0.3) is 0 Å². The molecule has 1 aliphatic heterocycles. The predicted octanol–water partition coefficient (Wildman–Crippen LogP) is 3.01. The Balaban J connectivity index is 1.62. The zero-order chi connectivity index (χ0) is 14.8. The van der Waals surface area contributed by atoms with Crippen LogP contribution in [-0.2, 0) is 11.3 Å². The van der Waals surface area contributed by atoms with E-state index >= 15 is 0 Å². The quantitative estimate of drug-likeness (QED) is 0.944. The van der Waals surface area contributed by atoms with Gasteiger partial charge in [-0.1, -0.05) is 18.2 Å². The Kier molecular flexibility index (Phi) is 3.92. The second-order valence-electron chi connectivity index (χ2n) is 5.46. The largest absolute Gasteiger partial charge is 0.384 e. The highest BCUT2D eigenvalue weighted by Crippen LogP contribution is 2.33. The van der Waals surface area contributed by atoms with Crippen LogP contribution in [0.3, 0.4) is 0 Å². The molecule has 0 fully saturated rings. The maximum absolute atomic E-state index is 12.4. The van der Waals surface area contributed by atoms with Gasteiger partial charge in [0.2, 0.25) is 5.91 Å². The van der Waals surface area contributed by atoms with Gasteiger partial charge in [0.15, 0.2) is 0 Å². The fraction of sp³-hybridized carbons (Fsp3) is 0.375. The number of nitrogens with one attached hydrogen (secondary N) is 1. The van der Waals surface area contributed by atoms with Gasteiger partial charge in [-0.2, -0.15) is 0 Å². The maximum atomic E-state index is 12.4. The normalized spacial score (nSPS) is 16.4. The summed E-state index contributed by atoms with van der Waals surface area (Å²) in [7, 11) is 1.87. The Morgan fingerprint density at radius 3 is 3.05 bits per heavy atom. The molecular weight excluding hydrogens is 282 g/mol. The topological polar surface area (TPSA) is 45.2 Å². The van der Waals surface area contributed by atoms with Crippen LogP contribution in [0.4, 0.5) is 5.69 Å². The standard InChI is InChI=1S/C16H19N3OS/c1-11-17-9-13(21-11)10-19(2)16(20)7-12-8-18-15-6-4-3-5-14(12)15/h3-6,9,12,18H,7-8,10H2,1-2H3. The molecule has 1 aromatic carbocycles. The number of para-hydroxylation sites is 1. The van der Waals surface area contributed by atoms with Crippen molar-refractivity contribution in [3.63, 3.8) is 0 Å². The van der Waals surface area contributed by atoms with E-state index in [1.807, 2.05) is 32.3 Å². The molecule has 0 aliphatic carbocycles. The smallest absolute Gasteiger partial charge is 0.223 e. The Hall–Kier alpha value is -1.88. The molecule has 2 aromatic rings. The monoisotopic (exact) mass is 301 g/mol. The average Bonchev–Trinajstić information content (AvgIpc) is 3.06. The van der Waals surface area contributed by atoms with Gasteiger partial charge in [0.1, 0.15) is 0 Å². The van der Waals surface area contributed by atoms with Crippen molar-refractivity contribution in [2.45, 2.75) is 25.8 Å². The van der Waals surface area contributed by atoms with Crippen molar-refractivity contribution in [2.24, 2.45) is 0 Å². The maximum Gasteiger partial charge on any atom is 0.223 e. The van der Waals surface area contributed by atoms with E-state index < -0.39 is 0 Å². The summed E-state index contributed by atoms with van der Waals surface area (Å²) < 4.78 is 0. The van der Waals surface area contributed by atoms with E-state index in [-0.39, 0.29) is 11.8 Å². The number of hydrogen-bond donors (Lipinski definition) is 1. The summed E-state index contributed by atoms with van der Waals surface area (Å²) >= 11 is 1.65. The summed E-state index contributed by atoms with van der Waals surface area (Å²) in [5.74, 6) is 0.462. The van der Waals surface area contributed by atoms with Gasteiger partial charge in [-0.05, 0) is 18.6 Å². The first kappa shape index (κ1) is 14.1. The zero-order valence-electron chi connectivity index (χ0n) is 12.3. The molecule has 0 spiro atoms. The van der Waals surface area contributed by atoms with Gasteiger partial charge in [0, 0.05) is 42.7 Å². The second kappa shape index (κ2) is 5.85. The first-order valence-corrected chi connectivity index (χ1v) is 7.93. The van der Waals surface area contributed by atoms with E-state index in [0.29, 0.717) is 13.0 Å². The molecule has 21 heavy (non-hydrogen) atoms. The Bertz CT molecular complexity index is 652. The number of nitrogens with zero attached hydrogens (tertiary/aromatic N) is 2. The molecule has 0 saturated carbocycles. The summed E-state index contributed by atoms with van der Waals surface area (Å²) in [5.41, 5.74) is 2.42. The van der Waals surface area contributed by atoms with Crippen LogP contribution >= 0.6 is 11.3 Å². The number of carbonyl (C=O) groups is 1. The minimum Gasteiger partial charge on any atom is -0.384 e. The number of fused-ring (bicyclic) bond motifs is 1.